The number of ether oxygens (including phenoxy) is 1. The van der Waals surface area contributed by atoms with Gasteiger partial charge in [0, 0.05) is 89.6 Å². The van der Waals surface area contributed by atoms with Gasteiger partial charge in [0.1, 0.15) is 40.6 Å². The summed E-state index contributed by atoms with van der Waals surface area (Å²) in [6.07, 6.45) is 4.87. The van der Waals surface area contributed by atoms with Crippen molar-refractivity contribution in [1.29, 1.82) is 0 Å². The highest BCUT2D eigenvalue weighted by Gasteiger charge is 2.44. The molecule has 3 aromatic carbocycles. The summed E-state index contributed by atoms with van der Waals surface area (Å²) in [7, 11) is 1.97. The number of halogens is 1. The van der Waals surface area contributed by atoms with Crippen LogP contribution in [0.2, 0.25) is 5.02 Å². The molecule has 2 fully saturated rings. The lowest BCUT2D eigenvalue weighted by Crippen LogP contribution is -2.58. The second kappa shape index (κ2) is 20.7. The molecule has 1 unspecified atom stereocenters. The summed E-state index contributed by atoms with van der Waals surface area (Å²) < 4.78 is 10.3. The van der Waals surface area contributed by atoms with Crippen LogP contribution in [0, 0.1) is 26.2 Å². The van der Waals surface area contributed by atoms with E-state index in [9.17, 15) is 19.5 Å². The Morgan fingerprint density at radius 2 is 1.61 bits per heavy atom. The number of aliphatic hydroxyl groups is 1. The predicted octanol–water partition coefficient (Wildman–Crippen LogP) is 8.09. The minimum Gasteiger partial charge on any atom is -0.490 e. The highest BCUT2D eigenvalue weighted by Crippen LogP contribution is 2.40. The number of aliphatic imine (C=N–C) groups is 1. The molecule has 9 rings (SSSR count). The topological polar surface area (TPSA) is 181 Å². The van der Waals surface area contributed by atoms with Crippen LogP contribution in [0.1, 0.15) is 117 Å². The van der Waals surface area contributed by atoms with Crippen LogP contribution in [0.15, 0.2) is 90.2 Å². The molecule has 378 valence electrons. The molecule has 6 aromatic rings. The molecule has 0 bridgehead atoms. The first-order valence-electron chi connectivity index (χ1n) is 24.8. The lowest BCUT2D eigenvalue weighted by Gasteiger charge is -2.38. The van der Waals surface area contributed by atoms with Crippen molar-refractivity contribution < 1.29 is 24.2 Å². The first-order valence-corrected chi connectivity index (χ1v) is 26.0. The van der Waals surface area contributed by atoms with E-state index < -0.39 is 23.6 Å². The van der Waals surface area contributed by atoms with E-state index in [0.29, 0.717) is 35.9 Å². The Labute approximate surface area is 430 Å². The van der Waals surface area contributed by atoms with Gasteiger partial charge in [-0.2, -0.15) is 0 Å². The third-order valence-corrected chi connectivity index (χ3v) is 15.8. The Hall–Kier alpha value is -6.20. The number of likely N-dealkylation sites (tertiary alicyclic amines) is 1. The van der Waals surface area contributed by atoms with E-state index in [-0.39, 0.29) is 67.4 Å². The predicted molar refractivity (Wildman–Crippen MR) is 281 cm³/mol. The number of carbonyl (C=O) groups excluding carboxylic acids is 3. The van der Waals surface area contributed by atoms with Crippen molar-refractivity contribution in [2.45, 2.75) is 136 Å². The number of imidazole rings is 1. The number of aromatic nitrogens is 5. The number of amides is 3. The lowest BCUT2D eigenvalue weighted by molar-refractivity contribution is -0.140. The molecule has 6 atom stereocenters. The molecule has 17 heteroatoms. The monoisotopic (exact) mass is 1010 g/mol. The average molecular weight is 1010 g/mol. The van der Waals surface area contributed by atoms with E-state index in [4.69, 9.17) is 21.3 Å². The van der Waals surface area contributed by atoms with Crippen molar-refractivity contribution in [3.8, 4) is 22.1 Å². The molecule has 0 radical (unpaired) electrons. The van der Waals surface area contributed by atoms with E-state index in [1.165, 1.54) is 4.88 Å². The van der Waals surface area contributed by atoms with Crippen LogP contribution in [0.25, 0.3) is 16.4 Å². The molecule has 1 saturated carbocycles. The summed E-state index contributed by atoms with van der Waals surface area (Å²) in [5.74, 6) is 2.33. The number of fused-ring (bicyclic) bond motifs is 3. The van der Waals surface area contributed by atoms with Gasteiger partial charge < -0.3 is 35.3 Å². The molecule has 3 aromatic heterocycles. The van der Waals surface area contributed by atoms with Gasteiger partial charge in [-0.3, -0.25) is 23.9 Å². The molecule has 1 aliphatic carbocycles. The zero-order valence-electron chi connectivity index (χ0n) is 42.4. The number of rotatable bonds is 15. The summed E-state index contributed by atoms with van der Waals surface area (Å²) in [5.41, 5.74) is 6.17. The molecule has 1 saturated heterocycles. The van der Waals surface area contributed by atoms with Crippen molar-refractivity contribution in [1.82, 2.24) is 45.2 Å². The van der Waals surface area contributed by atoms with Crippen molar-refractivity contribution in [2.24, 2.45) is 17.5 Å². The second-order valence-electron chi connectivity index (χ2n) is 20.9. The summed E-state index contributed by atoms with van der Waals surface area (Å²) in [4.78, 5) is 54.4. The Morgan fingerprint density at radius 1 is 0.917 bits per heavy atom. The molecule has 2 aliphatic heterocycles. The minimum absolute atomic E-state index is 0.0200. The Balaban J connectivity index is 0.768. The minimum atomic E-state index is -0.810. The van der Waals surface area contributed by atoms with Gasteiger partial charge in [0.25, 0.3) is 0 Å². The highest BCUT2D eigenvalue weighted by molar-refractivity contribution is 7.15. The number of aliphatic hydroxyl groups excluding tert-OH is 1. The van der Waals surface area contributed by atoms with Crippen molar-refractivity contribution in [2.75, 3.05) is 6.54 Å². The molecule has 3 aliphatic rings. The number of hydrogen-bond donors (Lipinski definition) is 4. The second-order valence-corrected chi connectivity index (χ2v) is 22.5. The lowest BCUT2D eigenvalue weighted by atomic mass is 9.85. The van der Waals surface area contributed by atoms with Gasteiger partial charge in [-0.25, -0.2) is 4.98 Å². The van der Waals surface area contributed by atoms with Gasteiger partial charge >= 0.3 is 0 Å². The highest BCUT2D eigenvalue weighted by atomic mass is 35.5. The van der Waals surface area contributed by atoms with Gasteiger partial charge in [0.05, 0.1) is 24.7 Å². The van der Waals surface area contributed by atoms with E-state index in [1.54, 1.807) is 22.4 Å². The number of benzene rings is 3. The number of thiophene rings is 1. The fourth-order valence-electron chi connectivity index (χ4n) is 10.2. The normalized spacial score (nSPS) is 20.8. The first-order chi connectivity index (χ1) is 34.3. The Kier molecular flexibility index (Phi) is 14.6. The number of nitrogens with one attached hydrogen (secondary N) is 3. The molecule has 4 N–H and O–H groups in total. The van der Waals surface area contributed by atoms with Gasteiger partial charge in [0.2, 0.25) is 17.7 Å². The molecule has 5 heterocycles. The summed E-state index contributed by atoms with van der Waals surface area (Å²) >= 11 is 7.95. The van der Waals surface area contributed by atoms with Crippen LogP contribution in [-0.2, 0) is 27.9 Å². The summed E-state index contributed by atoms with van der Waals surface area (Å²) in [6.45, 7) is 16.3. The number of nitrogens with zero attached hydrogens (tertiary/aromatic N) is 7. The zero-order valence-corrected chi connectivity index (χ0v) is 44.0. The summed E-state index contributed by atoms with van der Waals surface area (Å²) in [5, 5.41) is 31.4. The first kappa shape index (κ1) is 50.7. The van der Waals surface area contributed by atoms with Crippen LogP contribution in [0.4, 0.5) is 0 Å². The van der Waals surface area contributed by atoms with Gasteiger partial charge in [-0.15, -0.1) is 21.5 Å². The van der Waals surface area contributed by atoms with E-state index in [0.717, 1.165) is 55.7 Å². The molecule has 0 spiro atoms. The number of β-amino-alcohol motifs (C(OH)–C–C–N with tert-alkyl or cyclic N) is 1. The van der Waals surface area contributed by atoms with Crippen LogP contribution < -0.4 is 20.7 Å². The molecular formula is C55H65ClN10O5S. The molecular weight excluding hydrogens is 948 g/mol. The maximum Gasteiger partial charge on any atom is 0.246 e. The van der Waals surface area contributed by atoms with Gasteiger partial charge in [-0.1, -0.05) is 80.9 Å². The van der Waals surface area contributed by atoms with Gasteiger partial charge in [-0.05, 0) is 87.4 Å². The maximum atomic E-state index is 14.4. The van der Waals surface area contributed by atoms with E-state index >= 15 is 0 Å². The third-order valence-electron chi connectivity index (χ3n) is 14.4. The standard InChI is InChI=1S/C55H65ClN10O5S/c1-30-33(4)72-54-48(30)49(37-16-18-39(56)19-17-37)60-44(52-63-62-34(5)66(52)54)28-47(69)59-40-25-43(26-40)71-42-20-10-35(11-21-42)24-46(68)61-50(55(6,7)8)53(70)65-29-41(67)27-45(65)32(3)58-31(2)36-12-14-38(15-13-36)51-57-22-23-64(51)9/h10-23,31-32,40-41,43-45,50,58,67H,24-29H2,1-9H3,(H,59,69)(H,61,68)/t31-,32?,40?,41+,43?,44-,45-,50+/m0/s1. The largest absolute Gasteiger partial charge is 0.490 e. The van der Waals surface area contributed by atoms with Crippen molar-refractivity contribution >= 4 is 46.4 Å². The Morgan fingerprint density at radius 3 is 2.28 bits per heavy atom. The Bertz CT molecular complexity index is 2970. The van der Waals surface area contributed by atoms with Crippen LogP contribution in [0.5, 0.6) is 5.75 Å². The van der Waals surface area contributed by atoms with E-state index in [2.05, 4.69) is 76.2 Å². The van der Waals surface area contributed by atoms with Crippen LogP contribution >= 0.6 is 22.9 Å². The smallest absolute Gasteiger partial charge is 0.246 e. The zero-order chi connectivity index (χ0) is 51.2. The molecule has 72 heavy (non-hydrogen) atoms. The number of hydrogen-bond acceptors (Lipinski definition) is 11. The maximum absolute atomic E-state index is 14.4. The van der Waals surface area contributed by atoms with Crippen molar-refractivity contribution in [3.63, 3.8) is 0 Å². The fraction of sp³-hybridized carbons (Fsp3) is 0.436. The van der Waals surface area contributed by atoms with E-state index in [1.807, 2.05) is 106 Å². The average Bonchev–Trinajstić information content (AvgIpc) is 4.10. The fourth-order valence-corrected chi connectivity index (χ4v) is 11.5. The van der Waals surface area contributed by atoms with Crippen LogP contribution in [-0.4, -0.2) is 101 Å². The summed E-state index contributed by atoms with van der Waals surface area (Å²) in [6, 6.07) is 21.5. The molecule has 3 amide bonds. The third kappa shape index (κ3) is 10.8. The number of aryl methyl sites for hydroxylation is 3. The quantitative estimate of drug-likeness (QED) is 0.0791. The van der Waals surface area contributed by atoms with Crippen molar-refractivity contribution in [3.05, 3.63) is 135 Å². The molecule has 15 nitrogen and oxygen atoms in total. The SMILES string of the molecule is Cc1sc2c(c1C)C(c1ccc(Cl)cc1)=N[C@@H](CC(=O)NC1CC(Oc3ccc(CC(=O)N[C@H](C(=O)N4C[C@H](O)C[C@H]4C(C)N[C@@H](C)c4ccc(-c5nccn5C)cc4)C(C)(C)C)cc3)C1)c1nnc(C)n1-2. The van der Waals surface area contributed by atoms with Crippen LogP contribution in [0.3, 0.4) is 0 Å². The number of carbonyl (C=O) groups is 3. The van der Waals surface area contributed by atoms with Gasteiger partial charge in [0.15, 0.2) is 5.82 Å².